The smallest absolute Gasteiger partial charge is 0.232 e. The predicted octanol–water partition coefficient (Wildman–Crippen LogP) is -0.450. The molecule has 0 heterocycles. The maximum absolute atomic E-state index is 10.8. The van der Waals surface area contributed by atoms with Crippen molar-refractivity contribution >= 4 is 50.9 Å². The number of carbonyl (C=O) groups is 3. The van der Waals surface area contributed by atoms with Crippen molar-refractivity contribution in [1.29, 1.82) is 0 Å². The van der Waals surface area contributed by atoms with Gasteiger partial charge in [-0.1, -0.05) is 21.3 Å². The second-order valence-electron chi connectivity index (χ2n) is 3.21. The van der Waals surface area contributed by atoms with Gasteiger partial charge in [-0.05, 0) is 18.5 Å². The molecule has 0 aliphatic carbocycles. The topological polar surface area (TPSA) is 161 Å². The number of Topliss-reactive ketones (excluding diaryl/α,β-unsaturated/α-hetero) is 1. The Morgan fingerprint density at radius 3 is 1.68 bits per heavy atom. The average Bonchev–Trinajstić information content (AvgIpc) is 2.36. The lowest BCUT2D eigenvalue weighted by molar-refractivity contribution is -0.119. The van der Waals surface area contributed by atoms with Gasteiger partial charge in [0.25, 0.3) is 0 Å². The molecule has 1 unspecified atom stereocenters. The van der Waals surface area contributed by atoms with Gasteiger partial charge in [0.2, 0.25) is 11.1 Å². The molecule has 0 aromatic heterocycles. The Bertz CT molecular complexity index is 378. The van der Waals surface area contributed by atoms with E-state index in [1.165, 1.54) is 6.92 Å². The highest BCUT2D eigenvalue weighted by molar-refractivity contribution is 7.81. The van der Waals surface area contributed by atoms with Crippen molar-refractivity contribution in [3.63, 3.8) is 0 Å². The summed E-state index contributed by atoms with van der Waals surface area (Å²) in [4.78, 5) is 30.6. The van der Waals surface area contributed by atoms with E-state index in [0.29, 0.717) is 6.42 Å². The average molecular weight is 381 g/mol. The van der Waals surface area contributed by atoms with Gasteiger partial charge in [-0.15, -0.1) is 0 Å². The Hall–Kier alpha value is -0.720. The molecule has 0 aromatic carbocycles. The third kappa shape index (κ3) is 42.7. The third-order valence-electron chi connectivity index (χ3n) is 1.26. The molecule has 0 saturated heterocycles. The number of rotatable bonds is 6. The van der Waals surface area contributed by atoms with E-state index >= 15 is 0 Å². The number of nitrogens with one attached hydrogen (secondary N) is 2. The zero-order chi connectivity index (χ0) is 17.4. The van der Waals surface area contributed by atoms with Crippen LogP contribution in [-0.4, -0.2) is 31.9 Å². The van der Waals surface area contributed by atoms with Crippen LogP contribution in [0.2, 0.25) is 0 Å². The molecule has 0 fully saturated rings. The first-order valence-electron chi connectivity index (χ1n) is 5.59. The maximum atomic E-state index is 10.8. The molecule has 12 heteroatoms. The summed E-state index contributed by atoms with van der Waals surface area (Å²) in [5, 5.41) is 8.45. The minimum absolute atomic E-state index is 0. The fraction of sp³-hybridized carbons (Fsp3) is 0.700. The monoisotopic (exact) mass is 380 g/mol. The van der Waals surface area contributed by atoms with Crippen LogP contribution in [0.15, 0.2) is 0 Å². The molecule has 0 aromatic rings. The first-order chi connectivity index (χ1) is 9.56. The van der Waals surface area contributed by atoms with Gasteiger partial charge in [-0.25, -0.2) is 23.4 Å². The second kappa shape index (κ2) is 20.3. The van der Waals surface area contributed by atoms with Gasteiger partial charge in [0.1, 0.15) is 5.78 Å². The number of hydrogen-bond donors (Lipinski definition) is 4. The summed E-state index contributed by atoms with van der Waals surface area (Å²) in [5.74, 6) is -0.446. The zero-order valence-corrected chi connectivity index (χ0v) is 14.4. The highest BCUT2D eigenvalue weighted by Gasteiger charge is 2.03. The fourth-order valence-electron chi connectivity index (χ4n) is 0.379. The molecule has 0 bridgehead atoms. The fourth-order valence-corrected chi connectivity index (χ4v) is 1.14. The SMILES string of the molecule is C.CCC(=O)Cl.CCC(=O)NS(=O)NCC(C)=O.NS(N)=O. The van der Waals surface area contributed by atoms with E-state index in [0.717, 1.165) is 0 Å². The van der Waals surface area contributed by atoms with Crippen LogP contribution in [0.3, 0.4) is 0 Å². The summed E-state index contributed by atoms with van der Waals surface area (Å²) in [6, 6.07) is 0. The van der Waals surface area contributed by atoms with Crippen molar-refractivity contribution in [1.82, 2.24) is 9.44 Å². The maximum Gasteiger partial charge on any atom is 0.232 e. The standard InChI is InChI=1S/C6H12N2O3S.C3H5ClO.CH4.H4N2OS/c1-3-6(10)8-12(11)7-4-5(2)9;1-2-3(4)5;;1-4(2)3/h7H,3-4H2,1-2H3,(H,8,10);2H2,1H3;1H4;1-2H2. The Morgan fingerprint density at radius 1 is 1.09 bits per heavy atom. The van der Waals surface area contributed by atoms with Crippen molar-refractivity contribution in [2.24, 2.45) is 10.3 Å². The molecule has 0 rings (SSSR count). The highest BCUT2D eigenvalue weighted by Crippen LogP contribution is 1.81. The molecule has 0 saturated carbocycles. The molecule has 0 spiro atoms. The molecular weight excluding hydrogens is 356 g/mol. The second-order valence-corrected chi connectivity index (χ2v) is 5.32. The van der Waals surface area contributed by atoms with Crippen LogP contribution in [0.1, 0.15) is 41.0 Å². The van der Waals surface area contributed by atoms with Gasteiger partial charge in [0.15, 0.2) is 22.3 Å². The van der Waals surface area contributed by atoms with Crippen LogP contribution in [0, 0.1) is 0 Å². The zero-order valence-electron chi connectivity index (χ0n) is 12.0. The lowest BCUT2D eigenvalue weighted by Crippen LogP contribution is -2.36. The number of hydrogen-bond acceptors (Lipinski definition) is 5. The Balaban J connectivity index is -0.000000135. The molecule has 0 radical (unpaired) electrons. The minimum atomic E-state index is -1.64. The van der Waals surface area contributed by atoms with E-state index in [1.54, 1.807) is 13.8 Å². The lowest BCUT2D eigenvalue weighted by Gasteiger charge is -2.02. The normalized spacial score (nSPS) is 9.95. The first-order valence-corrected chi connectivity index (χ1v) is 8.40. The van der Waals surface area contributed by atoms with Crippen LogP contribution in [0.4, 0.5) is 0 Å². The summed E-state index contributed by atoms with van der Waals surface area (Å²) in [5.41, 5.74) is 0. The van der Waals surface area contributed by atoms with E-state index < -0.39 is 22.3 Å². The summed E-state index contributed by atoms with van der Waals surface area (Å²) in [7, 11) is 0. The van der Waals surface area contributed by atoms with E-state index in [9.17, 15) is 18.6 Å². The van der Waals surface area contributed by atoms with Gasteiger partial charge in [0.05, 0.1) is 6.54 Å². The first kappa shape index (κ1) is 29.3. The van der Waals surface area contributed by atoms with Gasteiger partial charge in [-0.2, -0.15) is 0 Å². The lowest BCUT2D eigenvalue weighted by atomic mass is 10.5. The van der Waals surface area contributed by atoms with Gasteiger partial charge in [0, 0.05) is 12.8 Å². The molecule has 0 aliphatic heterocycles. The number of ketones is 1. The molecule has 22 heavy (non-hydrogen) atoms. The van der Waals surface area contributed by atoms with Crippen LogP contribution in [-0.2, 0) is 36.7 Å². The number of amides is 1. The summed E-state index contributed by atoms with van der Waals surface area (Å²) in [6.07, 6.45) is 0.703. The van der Waals surface area contributed by atoms with E-state index in [-0.39, 0.29) is 37.3 Å². The predicted molar refractivity (Wildman–Crippen MR) is 89.7 cm³/mol. The highest BCUT2D eigenvalue weighted by atomic mass is 35.5. The van der Waals surface area contributed by atoms with E-state index in [2.05, 4.69) is 19.7 Å². The largest absolute Gasteiger partial charge is 0.299 e. The summed E-state index contributed by atoms with van der Waals surface area (Å²) >= 11 is 1.57. The molecular formula is C10H25ClN4O5S2. The van der Waals surface area contributed by atoms with E-state index in [4.69, 9.17) is 15.8 Å². The van der Waals surface area contributed by atoms with Crippen molar-refractivity contribution in [2.75, 3.05) is 6.54 Å². The van der Waals surface area contributed by atoms with Crippen molar-refractivity contribution in [2.45, 2.75) is 41.0 Å². The Morgan fingerprint density at radius 2 is 1.45 bits per heavy atom. The number of carbonyl (C=O) groups excluding carboxylic acids is 3. The Kier molecular flexibility index (Phi) is 27.0. The molecule has 9 nitrogen and oxygen atoms in total. The van der Waals surface area contributed by atoms with Crippen LogP contribution in [0.5, 0.6) is 0 Å². The quantitative estimate of drug-likeness (QED) is 0.458. The molecule has 0 aliphatic rings. The number of nitrogens with two attached hydrogens (primary N) is 2. The minimum Gasteiger partial charge on any atom is -0.299 e. The summed E-state index contributed by atoms with van der Waals surface area (Å²) < 4.78 is 24.4. The molecule has 134 valence electrons. The van der Waals surface area contributed by atoms with Gasteiger partial charge < -0.3 is 0 Å². The van der Waals surface area contributed by atoms with Crippen molar-refractivity contribution in [3.05, 3.63) is 0 Å². The van der Waals surface area contributed by atoms with Crippen LogP contribution in [0.25, 0.3) is 0 Å². The third-order valence-corrected chi connectivity index (χ3v) is 2.34. The molecule has 1 amide bonds. The van der Waals surface area contributed by atoms with Crippen molar-refractivity contribution in [3.8, 4) is 0 Å². The molecule has 1 atom stereocenters. The van der Waals surface area contributed by atoms with Crippen LogP contribution >= 0.6 is 11.6 Å². The van der Waals surface area contributed by atoms with E-state index in [1.807, 2.05) is 0 Å². The number of halogens is 1. The van der Waals surface area contributed by atoms with Gasteiger partial charge >= 0.3 is 0 Å². The van der Waals surface area contributed by atoms with Crippen molar-refractivity contribution < 1.29 is 22.8 Å². The Labute approximate surface area is 141 Å². The van der Waals surface area contributed by atoms with Crippen LogP contribution < -0.4 is 19.7 Å². The van der Waals surface area contributed by atoms with Gasteiger partial charge in [-0.3, -0.25) is 19.1 Å². The molecule has 6 N–H and O–H groups in total. The summed E-state index contributed by atoms with van der Waals surface area (Å²) in [6.45, 7) is 4.73.